The quantitative estimate of drug-likeness (QED) is 0.804. The molecular formula is C19H19N3O4. The van der Waals surface area contributed by atoms with Gasteiger partial charge in [-0.2, -0.15) is 5.26 Å². The van der Waals surface area contributed by atoms with Crippen LogP contribution in [0.25, 0.3) is 0 Å². The third-order valence-corrected chi connectivity index (χ3v) is 3.33. The van der Waals surface area contributed by atoms with Crippen molar-refractivity contribution in [3.8, 4) is 17.6 Å². The molecule has 0 saturated carbocycles. The molecule has 2 rings (SSSR count). The predicted octanol–water partition coefficient (Wildman–Crippen LogP) is 2.43. The zero-order valence-corrected chi connectivity index (χ0v) is 14.7. The average Bonchev–Trinajstić information content (AvgIpc) is 2.65. The summed E-state index contributed by atoms with van der Waals surface area (Å²) in [5.74, 6) is -0.0952. The molecule has 0 aliphatic rings. The SMILES string of the molecule is COc1cc(C(=O)NNC(=O)c2cccc(C#N)c2)ccc1OC(C)C. The smallest absolute Gasteiger partial charge is 0.269 e. The van der Waals surface area contributed by atoms with Crippen LogP contribution in [0.2, 0.25) is 0 Å². The fraction of sp³-hybridized carbons (Fsp3) is 0.211. The number of ether oxygens (including phenoxy) is 2. The van der Waals surface area contributed by atoms with E-state index in [0.29, 0.717) is 22.6 Å². The van der Waals surface area contributed by atoms with Gasteiger partial charge in [-0.25, -0.2) is 0 Å². The molecule has 0 aromatic heterocycles. The summed E-state index contributed by atoms with van der Waals surface area (Å²) in [4.78, 5) is 24.3. The van der Waals surface area contributed by atoms with Crippen molar-refractivity contribution in [2.45, 2.75) is 20.0 Å². The number of methoxy groups -OCH3 is 1. The third kappa shape index (κ3) is 4.74. The molecule has 0 bridgehead atoms. The predicted molar refractivity (Wildman–Crippen MR) is 94.8 cm³/mol. The number of hydrogen-bond donors (Lipinski definition) is 2. The van der Waals surface area contributed by atoms with Crippen LogP contribution in [0, 0.1) is 11.3 Å². The van der Waals surface area contributed by atoms with E-state index >= 15 is 0 Å². The molecule has 0 spiro atoms. The molecule has 2 aromatic carbocycles. The van der Waals surface area contributed by atoms with E-state index < -0.39 is 11.8 Å². The molecular weight excluding hydrogens is 334 g/mol. The Morgan fingerprint density at radius 1 is 1.00 bits per heavy atom. The van der Waals surface area contributed by atoms with Crippen LogP contribution in [-0.4, -0.2) is 25.0 Å². The van der Waals surface area contributed by atoms with Crippen LogP contribution in [0.15, 0.2) is 42.5 Å². The molecule has 26 heavy (non-hydrogen) atoms. The van der Waals surface area contributed by atoms with Gasteiger partial charge in [0.2, 0.25) is 0 Å². The number of benzene rings is 2. The number of amides is 2. The van der Waals surface area contributed by atoms with Gasteiger partial charge in [0.25, 0.3) is 11.8 Å². The molecule has 2 amide bonds. The molecule has 0 fully saturated rings. The van der Waals surface area contributed by atoms with Crippen molar-refractivity contribution in [2.24, 2.45) is 0 Å². The van der Waals surface area contributed by atoms with E-state index in [4.69, 9.17) is 14.7 Å². The van der Waals surface area contributed by atoms with Crippen LogP contribution in [-0.2, 0) is 0 Å². The summed E-state index contributed by atoms with van der Waals surface area (Å²) < 4.78 is 10.8. The first-order chi connectivity index (χ1) is 12.4. The van der Waals surface area contributed by atoms with Gasteiger partial charge in [-0.05, 0) is 50.2 Å². The largest absolute Gasteiger partial charge is 0.493 e. The number of hydrogen-bond acceptors (Lipinski definition) is 5. The van der Waals surface area contributed by atoms with E-state index in [9.17, 15) is 9.59 Å². The maximum atomic E-state index is 12.2. The van der Waals surface area contributed by atoms with Crippen LogP contribution in [0.1, 0.15) is 40.1 Å². The highest BCUT2D eigenvalue weighted by atomic mass is 16.5. The summed E-state index contributed by atoms with van der Waals surface area (Å²) in [7, 11) is 1.48. The van der Waals surface area contributed by atoms with Crippen molar-refractivity contribution >= 4 is 11.8 Å². The van der Waals surface area contributed by atoms with Crippen molar-refractivity contribution in [1.82, 2.24) is 10.9 Å². The Morgan fingerprint density at radius 3 is 2.23 bits per heavy atom. The zero-order valence-electron chi connectivity index (χ0n) is 14.7. The van der Waals surface area contributed by atoms with E-state index in [2.05, 4.69) is 10.9 Å². The molecule has 0 unspecified atom stereocenters. The van der Waals surface area contributed by atoms with Gasteiger partial charge >= 0.3 is 0 Å². The normalized spacial score (nSPS) is 9.96. The number of nitrogens with zero attached hydrogens (tertiary/aromatic N) is 1. The van der Waals surface area contributed by atoms with Gasteiger partial charge in [-0.3, -0.25) is 20.4 Å². The number of rotatable bonds is 5. The van der Waals surface area contributed by atoms with Crippen LogP contribution in [0.5, 0.6) is 11.5 Å². The van der Waals surface area contributed by atoms with Crippen LogP contribution in [0.4, 0.5) is 0 Å². The number of nitriles is 1. The lowest BCUT2D eigenvalue weighted by Gasteiger charge is -2.14. The first kappa shape index (κ1) is 18.8. The van der Waals surface area contributed by atoms with E-state index in [1.54, 1.807) is 30.3 Å². The van der Waals surface area contributed by atoms with Crippen molar-refractivity contribution < 1.29 is 19.1 Å². The lowest BCUT2D eigenvalue weighted by Crippen LogP contribution is -2.41. The standard InChI is InChI=1S/C19H19N3O4/c1-12(2)26-16-8-7-15(10-17(16)25-3)19(24)22-21-18(23)14-6-4-5-13(9-14)11-20/h4-10,12H,1-3H3,(H,21,23)(H,22,24). The molecule has 0 atom stereocenters. The highest BCUT2D eigenvalue weighted by Crippen LogP contribution is 2.28. The van der Waals surface area contributed by atoms with Gasteiger partial charge in [0, 0.05) is 11.1 Å². The summed E-state index contributed by atoms with van der Waals surface area (Å²) in [6, 6.07) is 12.8. The lowest BCUT2D eigenvalue weighted by atomic mass is 10.1. The van der Waals surface area contributed by atoms with Gasteiger partial charge < -0.3 is 9.47 Å². The van der Waals surface area contributed by atoms with Crippen molar-refractivity contribution in [1.29, 1.82) is 5.26 Å². The summed E-state index contributed by atoms with van der Waals surface area (Å²) in [6.07, 6.45) is -0.0351. The fourth-order valence-corrected chi connectivity index (χ4v) is 2.15. The van der Waals surface area contributed by atoms with Crippen molar-refractivity contribution in [3.05, 3.63) is 59.2 Å². The summed E-state index contributed by atoms with van der Waals surface area (Å²) in [6.45, 7) is 3.77. The first-order valence-corrected chi connectivity index (χ1v) is 7.90. The minimum atomic E-state index is -0.526. The Hall–Kier alpha value is -3.53. The van der Waals surface area contributed by atoms with E-state index in [-0.39, 0.29) is 11.7 Å². The lowest BCUT2D eigenvalue weighted by molar-refractivity contribution is 0.0846. The monoisotopic (exact) mass is 353 g/mol. The zero-order chi connectivity index (χ0) is 19.1. The second kappa shape index (κ2) is 8.53. The van der Waals surface area contributed by atoms with E-state index in [1.165, 1.54) is 19.2 Å². The highest BCUT2D eigenvalue weighted by molar-refractivity contribution is 5.99. The van der Waals surface area contributed by atoms with Crippen LogP contribution >= 0.6 is 0 Å². The molecule has 7 heteroatoms. The maximum absolute atomic E-state index is 12.2. The molecule has 0 heterocycles. The highest BCUT2D eigenvalue weighted by Gasteiger charge is 2.13. The second-order valence-electron chi connectivity index (χ2n) is 5.63. The van der Waals surface area contributed by atoms with E-state index in [1.807, 2.05) is 19.9 Å². The van der Waals surface area contributed by atoms with Gasteiger partial charge in [0.1, 0.15) is 0 Å². The Bertz CT molecular complexity index is 856. The summed E-state index contributed by atoms with van der Waals surface area (Å²) in [5.41, 5.74) is 5.56. The molecule has 2 N–H and O–H groups in total. The first-order valence-electron chi connectivity index (χ1n) is 7.90. The minimum absolute atomic E-state index is 0.0351. The molecule has 2 aromatic rings. The van der Waals surface area contributed by atoms with E-state index in [0.717, 1.165) is 0 Å². The van der Waals surface area contributed by atoms with Gasteiger partial charge in [0.15, 0.2) is 11.5 Å². The summed E-state index contributed by atoms with van der Waals surface area (Å²) >= 11 is 0. The minimum Gasteiger partial charge on any atom is -0.493 e. The topological polar surface area (TPSA) is 100 Å². The number of hydrazine groups is 1. The second-order valence-corrected chi connectivity index (χ2v) is 5.63. The Morgan fingerprint density at radius 2 is 1.65 bits per heavy atom. The van der Waals surface area contributed by atoms with Crippen molar-refractivity contribution in [3.63, 3.8) is 0 Å². The molecule has 7 nitrogen and oxygen atoms in total. The molecule has 0 saturated heterocycles. The van der Waals surface area contributed by atoms with Crippen LogP contribution in [0.3, 0.4) is 0 Å². The van der Waals surface area contributed by atoms with Crippen molar-refractivity contribution in [2.75, 3.05) is 7.11 Å². The molecule has 0 radical (unpaired) electrons. The Labute approximate surface area is 151 Å². The number of carbonyl (C=O) groups excluding carboxylic acids is 2. The molecule has 0 aliphatic carbocycles. The number of carbonyl (C=O) groups is 2. The van der Waals surface area contributed by atoms with Crippen LogP contribution < -0.4 is 20.3 Å². The van der Waals surface area contributed by atoms with Gasteiger partial charge in [0.05, 0.1) is 24.8 Å². The van der Waals surface area contributed by atoms with Gasteiger partial charge in [-0.15, -0.1) is 0 Å². The maximum Gasteiger partial charge on any atom is 0.269 e. The van der Waals surface area contributed by atoms with Gasteiger partial charge in [-0.1, -0.05) is 6.07 Å². The molecule has 134 valence electrons. The Balaban J connectivity index is 2.05. The number of nitrogens with one attached hydrogen (secondary N) is 2. The summed E-state index contributed by atoms with van der Waals surface area (Å²) in [5, 5.41) is 8.86. The molecule has 0 aliphatic heterocycles. The Kier molecular flexibility index (Phi) is 6.17. The average molecular weight is 353 g/mol. The fourth-order valence-electron chi connectivity index (χ4n) is 2.15. The third-order valence-electron chi connectivity index (χ3n) is 3.33.